The third kappa shape index (κ3) is 3.43. The van der Waals surface area contributed by atoms with Crippen molar-refractivity contribution >= 4 is 27.3 Å². The van der Waals surface area contributed by atoms with E-state index in [1.54, 1.807) is 0 Å². The second-order valence-corrected chi connectivity index (χ2v) is 6.18. The van der Waals surface area contributed by atoms with Gasteiger partial charge in [-0.2, -0.15) is 0 Å². The fourth-order valence-electron chi connectivity index (χ4n) is 1.26. The minimum Gasteiger partial charge on any atom is -0.149 e. The summed E-state index contributed by atoms with van der Waals surface area (Å²) in [5.41, 5.74) is 0.396. The van der Waals surface area contributed by atoms with Crippen molar-refractivity contribution in [1.29, 1.82) is 0 Å². The Morgan fingerprint density at radius 1 is 1.46 bits per heavy atom. The molecule has 74 valence electrons. The van der Waals surface area contributed by atoms with Gasteiger partial charge >= 0.3 is 0 Å². The molecule has 0 radical (unpaired) electrons. The summed E-state index contributed by atoms with van der Waals surface area (Å²) in [5.74, 6) is 0.728. The van der Waals surface area contributed by atoms with Gasteiger partial charge in [0, 0.05) is 10.2 Å². The predicted octanol–water partition coefficient (Wildman–Crippen LogP) is 4.35. The lowest BCUT2D eigenvalue weighted by Crippen LogP contribution is -2.23. The van der Waals surface area contributed by atoms with Crippen LogP contribution in [0.5, 0.6) is 0 Å². The summed E-state index contributed by atoms with van der Waals surface area (Å²) >= 11 is 5.46. The molecule has 0 aliphatic rings. The molecule has 0 aromatic carbocycles. The number of hydrogen-bond donors (Lipinski definition) is 0. The van der Waals surface area contributed by atoms with Gasteiger partial charge in [-0.05, 0) is 29.2 Å². The number of thiophene rings is 1. The van der Waals surface area contributed by atoms with Crippen molar-refractivity contribution in [2.24, 2.45) is 11.3 Å². The van der Waals surface area contributed by atoms with Gasteiger partial charge in [-0.15, -0.1) is 11.3 Å². The zero-order valence-electron chi connectivity index (χ0n) is 8.51. The molecular formula is C11H17BrS. The summed E-state index contributed by atoms with van der Waals surface area (Å²) in [6.07, 6.45) is 1.20. The van der Waals surface area contributed by atoms with E-state index in [4.69, 9.17) is 0 Å². The molecule has 0 aliphatic heterocycles. The quantitative estimate of drug-likeness (QED) is 0.710. The van der Waals surface area contributed by atoms with Crippen LogP contribution in [0.1, 0.15) is 25.6 Å². The van der Waals surface area contributed by atoms with Crippen molar-refractivity contribution in [3.63, 3.8) is 0 Å². The zero-order chi connectivity index (χ0) is 9.90. The fourth-order valence-corrected chi connectivity index (χ4v) is 3.25. The van der Waals surface area contributed by atoms with Gasteiger partial charge in [-0.25, -0.2) is 0 Å². The predicted molar refractivity (Wildman–Crippen MR) is 64.8 cm³/mol. The van der Waals surface area contributed by atoms with Crippen LogP contribution >= 0.6 is 27.3 Å². The van der Waals surface area contributed by atoms with E-state index in [9.17, 15) is 0 Å². The standard InChI is InChI=1S/C11H17BrS/c1-11(2,3)9(8-12)7-10-5-4-6-13-10/h4-6,9H,7-8H2,1-3H3. The van der Waals surface area contributed by atoms with Gasteiger partial charge < -0.3 is 0 Å². The highest BCUT2D eigenvalue weighted by molar-refractivity contribution is 9.09. The molecule has 1 aromatic heterocycles. The van der Waals surface area contributed by atoms with E-state index >= 15 is 0 Å². The monoisotopic (exact) mass is 260 g/mol. The molecule has 0 spiro atoms. The third-order valence-corrected chi connectivity index (χ3v) is 4.12. The van der Waals surface area contributed by atoms with E-state index in [-0.39, 0.29) is 0 Å². The van der Waals surface area contributed by atoms with Crippen molar-refractivity contribution in [1.82, 2.24) is 0 Å². The van der Waals surface area contributed by atoms with Crippen molar-refractivity contribution in [2.75, 3.05) is 5.33 Å². The lowest BCUT2D eigenvalue weighted by molar-refractivity contribution is 0.268. The summed E-state index contributed by atoms with van der Waals surface area (Å²) in [5, 5.41) is 3.25. The molecule has 13 heavy (non-hydrogen) atoms. The first-order chi connectivity index (χ1) is 6.04. The van der Waals surface area contributed by atoms with Crippen LogP contribution < -0.4 is 0 Å². The lowest BCUT2D eigenvalue weighted by atomic mass is 9.80. The first kappa shape index (κ1) is 11.3. The average molecular weight is 261 g/mol. The molecule has 1 rings (SSSR count). The van der Waals surface area contributed by atoms with Gasteiger partial charge in [0.1, 0.15) is 0 Å². The topological polar surface area (TPSA) is 0 Å². The molecule has 0 aliphatic carbocycles. The van der Waals surface area contributed by atoms with Crippen molar-refractivity contribution < 1.29 is 0 Å². The molecule has 1 heterocycles. The first-order valence-electron chi connectivity index (χ1n) is 4.62. The summed E-state index contributed by atoms with van der Waals surface area (Å²) in [4.78, 5) is 1.50. The SMILES string of the molecule is CC(C)(C)C(CBr)Cc1cccs1. The van der Waals surface area contributed by atoms with E-state index in [0.717, 1.165) is 11.2 Å². The maximum absolute atomic E-state index is 3.60. The molecule has 0 N–H and O–H groups in total. The molecule has 1 unspecified atom stereocenters. The average Bonchev–Trinajstić information content (AvgIpc) is 2.49. The molecule has 0 saturated heterocycles. The highest BCUT2D eigenvalue weighted by Crippen LogP contribution is 2.31. The summed E-state index contributed by atoms with van der Waals surface area (Å²) in [6.45, 7) is 6.94. The normalized spacial score (nSPS) is 14.5. The molecule has 0 saturated carbocycles. The number of rotatable bonds is 3. The van der Waals surface area contributed by atoms with Crippen LogP contribution in [0.2, 0.25) is 0 Å². The second-order valence-electron chi connectivity index (χ2n) is 4.50. The third-order valence-electron chi connectivity index (χ3n) is 2.44. The maximum Gasteiger partial charge on any atom is 0.00681 e. The van der Waals surface area contributed by atoms with Gasteiger partial charge in [0.15, 0.2) is 0 Å². The van der Waals surface area contributed by atoms with E-state index in [1.165, 1.54) is 11.3 Å². The van der Waals surface area contributed by atoms with Crippen molar-refractivity contribution in [3.8, 4) is 0 Å². The van der Waals surface area contributed by atoms with Crippen LogP contribution in [0.15, 0.2) is 17.5 Å². The summed E-state index contributed by atoms with van der Waals surface area (Å²) in [6, 6.07) is 4.36. The minimum absolute atomic E-state index is 0.396. The molecular weight excluding hydrogens is 244 g/mol. The number of halogens is 1. The van der Waals surface area contributed by atoms with Gasteiger partial charge in [0.25, 0.3) is 0 Å². The van der Waals surface area contributed by atoms with E-state index in [1.807, 2.05) is 11.3 Å². The Hall–Kier alpha value is 0.180. The summed E-state index contributed by atoms with van der Waals surface area (Å²) < 4.78 is 0. The van der Waals surface area contributed by atoms with Crippen LogP contribution in [0.3, 0.4) is 0 Å². The highest BCUT2D eigenvalue weighted by Gasteiger charge is 2.23. The van der Waals surface area contributed by atoms with Gasteiger partial charge in [-0.1, -0.05) is 42.8 Å². The Bertz CT molecular complexity index is 233. The second kappa shape index (κ2) is 4.61. The Kier molecular flexibility index (Phi) is 3.99. The highest BCUT2D eigenvalue weighted by atomic mass is 79.9. The van der Waals surface area contributed by atoms with Crippen LogP contribution in [0.4, 0.5) is 0 Å². The molecule has 0 fully saturated rings. The van der Waals surface area contributed by atoms with Gasteiger partial charge in [0.2, 0.25) is 0 Å². The van der Waals surface area contributed by atoms with Crippen LogP contribution in [-0.4, -0.2) is 5.33 Å². The van der Waals surface area contributed by atoms with Crippen molar-refractivity contribution in [2.45, 2.75) is 27.2 Å². The Morgan fingerprint density at radius 2 is 2.15 bits per heavy atom. The molecule has 1 aromatic rings. The van der Waals surface area contributed by atoms with E-state index < -0.39 is 0 Å². The van der Waals surface area contributed by atoms with E-state index in [0.29, 0.717) is 5.41 Å². The number of alkyl halides is 1. The van der Waals surface area contributed by atoms with Crippen LogP contribution in [-0.2, 0) is 6.42 Å². The Balaban J connectivity index is 2.60. The fraction of sp³-hybridized carbons (Fsp3) is 0.636. The zero-order valence-corrected chi connectivity index (χ0v) is 10.9. The van der Waals surface area contributed by atoms with E-state index in [2.05, 4.69) is 54.2 Å². The van der Waals surface area contributed by atoms with Crippen LogP contribution in [0.25, 0.3) is 0 Å². The molecule has 2 heteroatoms. The lowest BCUT2D eigenvalue weighted by Gasteiger charge is -2.28. The Labute approximate surface area is 93.5 Å². The van der Waals surface area contributed by atoms with Gasteiger partial charge in [-0.3, -0.25) is 0 Å². The number of hydrogen-bond acceptors (Lipinski definition) is 1. The maximum atomic E-state index is 3.60. The molecule has 0 amide bonds. The minimum atomic E-state index is 0.396. The van der Waals surface area contributed by atoms with Crippen molar-refractivity contribution in [3.05, 3.63) is 22.4 Å². The Morgan fingerprint density at radius 3 is 2.54 bits per heavy atom. The molecule has 0 nitrogen and oxygen atoms in total. The molecule has 0 bridgehead atoms. The first-order valence-corrected chi connectivity index (χ1v) is 6.62. The largest absolute Gasteiger partial charge is 0.149 e. The van der Waals surface area contributed by atoms with Gasteiger partial charge in [0.05, 0.1) is 0 Å². The summed E-state index contributed by atoms with van der Waals surface area (Å²) in [7, 11) is 0. The molecule has 1 atom stereocenters. The smallest absolute Gasteiger partial charge is 0.00681 e. The van der Waals surface area contributed by atoms with Crippen LogP contribution in [0, 0.1) is 11.3 Å².